The molecule has 138 valence electrons. The van der Waals surface area contributed by atoms with Crippen LogP contribution in [-0.2, 0) is 4.79 Å². The van der Waals surface area contributed by atoms with Gasteiger partial charge >= 0.3 is 0 Å². The number of rotatable bonds is 2. The lowest BCUT2D eigenvalue weighted by atomic mass is 9.86. The van der Waals surface area contributed by atoms with Crippen LogP contribution in [0.25, 0.3) is 5.65 Å². The molecule has 3 aromatic rings. The van der Waals surface area contributed by atoms with Crippen LogP contribution in [0, 0.1) is 13.8 Å². The number of aromatic nitrogens is 3. The number of hydrogen-bond acceptors (Lipinski definition) is 6. The maximum Gasteiger partial charge on any atom is 0.231 e. The van der Waals surface area contributed by atoms with E-state index >= 15 is 0 Å². The number of nitrogens with one attached hydrogen (secondary N) is 1. The molecule has 0 bridgehead atoms. The fraction of sp³-hybridized carbons (Fsp3) is 0.316. The molecule has 0 saturated carbocycles. The third-order valence-corrected chi connectivity index (χ3v) is 5.01. The van der Waals surface area contributed by atoms with Crippen molar-refractivity contribution in [3.63, 3.8) is 0 Å². The largest absolute Gasteiger partial charge is 0.493 e. The first-order valence-electron chi connectivity index (χ1n) is 8.69. The Labute approximate surface area is 155 Å². The second-order valence-electron chi connectivity index (χ2n) is 6.80. The lowest BCUT2D eigenvalue weighted by molar-refractivity contribution is -0.116. The highest BCUT2D eigenvalue weighted by atomic mass is 16.7. The zero-order valence-corrected chi connectivity index (χ0v) is 15.2. The molecular formula is C19H18N4O4. The summed E-state index contributed by atoms with van der Waals surface area (Å²) in [5.41, 5.74) is 4.43. The van der Waals surface area contributed by atoms with Gasteiger partial charge in [0.25, 0.3) is 0 Å². The second kappa shape index (κ2) is 5.60. The molecule has 0 fully saturated rings. The highest BCUT2D eigenvalue weighted by Crippen LogP contribution is 2.47. The standard InChI is InChI=1S/C19H18N4O4/c1-9-4-10(2)23-19(20-9)16-12(7-15(24)21-18(16)22-23)11-5-13(25-3)17-14(6-11)26-8-27-17/h4-6,12H,7-8H2,1-3H3,(H,21,22,24). The number of carbonyl (C=O) groups excluding carboxylic acids is 1. The van der Waals surface area contributed by atoms with Crippen LogP contribution >= 0.6 is 0 Å². The van der Waals surface area contributed by atoms with Gasteiger partial charge < -0.3 is 19.5 Å². The molecule has 27 heavy (non-hydrogen) atoms. The number of ether oxygens (including phenoxy) is 3. The fourth-order valence-corrected chi connectivity index (χ4v) is 3.86. The summed E-state index contributed by atoms with van der Waals surface area (Å²) in [6.45, 7) is 4.08. The first-order valence-corrected chi connectivity index (χ1v) is 8.69. The number of carbonyl (C=O) groups is 1. The molecule has 0 radical (unpaired) electrons. The quantitative estimate of drug-likeness (QED) is 0.750. The summed E-state index contributed by atoms with van der Waals surface area (Å²) in [7, 11) is 1.59. The first kappa shape index (κ1) is 15.9. The summed E-state index contributed by atoms with van der Waals surface area (Å²) < 4.78 is 18.3. The summed E-state index contributed by atoms with van der Waals surface area (Å²) in [6.07, 6.45) is 0.297. The van der Waals surface area contributed by atoms with Gasteiger partial charge in [-0.3, -0.25) is 4.79 Å². The molecule has 0 saturated heterocycles. The van der Waals surface area contributed by atoms with Gasteiger partial charge in [0.2, 0.25) is 18.4 Å². The molecule has 1 unspecified atom stereocenters. The zero-order chi connectivity index (χ0) is 18.7. The van der Waals surface area contributed by atoms with E-state index in [2.05, 4.69) is 15.4 Å². The maximum absolute atomic E-state index is 12.4. The van der Waals surface area contributed by atoms with Crippen LogP contribution < -0.4 is 19.5 Å². The van der Waals surface area contributed by atoms with Gasteiger partial charge in [0.05, 0.1) is 7.11 Å². The number of nitrogens with zero attached hydrogens (tertiary/aromatic N) is 3. The highest BCUT2D eigenvalue weighted by molar-refractivity contribution is 5.96. The van der Waals surface area contributed by atoms with Crippen LogP contribution in [0.2, 0.25) is 0 Å². The van der Waals surface area contributed by atoms with Gasteiger partial charge in [-0.2, -0.15) is 0 Å². The minimum Gasteiger partial charge on any atom is -0.493 e. The highest BCUT2D eigenvalue weighted by Gasteiger charge is 2.34. The summed E-state index contributed by atoms with van der Waals surface area (Å²) in [5, 5.41) is 7.45. The maximum atomic E-state index is 12.4. The van der Waals surface area contributed by atoms with Crippen LogP contribution in [0.1, 0.15) is 34.9 Å². The third-order valence-electron chi connectivity index (χ3n) is 5.01. The fourth-order valence-electron chi connectivity index (χ4n) is 3.86. The SMILES string of the molecule is COc1cc(C2CC(=O)Nc3nn4c(C)cc(C)nc4c32)cc2c1OCO2. The Morgan fingerprint density at radius 2 is 2.11 bits per heavy atom. The molecule has 0 aliphatic carbocycles. The van der Waals surface area contributed by atoms with Gasteiger partial charge in [0.1, 0.15) is 0 Å². The lowest BCUT2D eigenvalue weighted by Gasteiger charge is -2.23. The van der Waals surface area contributed by atoms with Crippen LogP contribution in [0.5, 0.6) is 17.2 Å². The van der Waals surface area contributed by atoms with E-state index in [0.29, 0.717) is 29.5 Å². The monoisotopic (exact) mass is 366 g/mol. The molecule has 8 heteroatoms. The molecule has 2 aliphatic heterocycles. The Morgan fingerprint density at radius 3 is 2.93 bits per heavy atom. The second-order valence-corrected chi connectivity index (χ2v) is 6.80. The van der Waals surface area contributed by atoms with Gasteiger partial charge in [0, 0.05) is 29.3 Å². The average Bonchev–Trinajstić information content (AvgIpc) is 3.24. The number of amides is 1. The third kappa shape index (κ3) is 2.33. The van der Waals surface area contributed by atoms with E-state index in [1.807, 2.05) is 32.0 Å². The van der Waals surface area contributed by atoms with Crippen molar-refractivity contribution in [3.05, 3.63) is 40.7 Å². The minimum atomic E-state index is -0.205. The first-order chi connectivity index (χ1) is 13.0. The van der Waals surface area contributed by atoms with Crippen molar-refractivity contribution in [2.75, 3.05) is 19.2 Å². The van der Waals surface area contributed by atoms with E-state index < -0.39 is 0 Å². The Balaban J connectivity index is 1.75. The predicted octanol–water partition coefficient (Wildman–Crippen LogP) is 2.56. The summed E-state index contributed by atoms with van der Waals surface area (Å²) >= 11 is 0. The van der Waals surface area contributed by atoms with Gasteiger partial charge in [-0.1, -0.05) is 0 Å². The Morgan fingerprint density at radius 1 is 1.26 bits per heavy atom. The van der Waals surface area contributed by atoms with E-state index in [-0.39, 0.29) is 18.6 Å². The molecule has 0 spiro atoms. The van der Waals surface area contributed by atoms with Crippen molar-refractivity contribution < 1.29 is 19.0 Å². The van der Waals surface area contributed by atoms with Crippen molar-refractivity contribution >= 4 is 17.4 Å². The van der Waals surface area contributed by atoms with E-state index in [4.69, 9.17) is 14.2 Å². The Bertz CT molecular complexity index is 1110. The number of methoxy groups -OCH3 is 1. The van der Waals surface area contributed by atoms with Crippen LogP contribution in [-0.4, -0.2) is 34.4 Å². The van der Waals surface area contributed by atoms with Crippen molar-refractivity contribution in [1.82, 2.24) is 14.6 Å². The van der Waals surface area contributed by atoms with Crippen LogP contribution in [0.15, 0.2) is 18.2 Å². The minimum absolute atomic E-state index is 0.0816. The lowest BCUT2D eigenvalue weighted by Crippen LogP contribution is -2.23. The van der Waals surface area contributed by atoms with Crippen molar-refractivity contribution in [3.8, 4) is 17.2 Å². The van der Waals surface area contributed by atoms with Gasteiger partial charge in [-0.15, -0.1) is 5.10 Å². The molecular weight excluding hydrogens is 348 g/mol. The smallest absolute Gasteiger partial charge is 0.231 e. The molecule has 1 N–H and O–H groups in total. The number of hydrogen-bond donors (Lipinski definition) is 1. The molecule has 1 amide bonds. The van der Waals surface area contributed by atoms with Crippen LogP contribution in [0.4, 0.5) is 5.82 Å². The van der Waals surface area contributed by atoms with Crippen molar-refractivity contribution in [2.24, 2.45) is 0 Å². The van der Waals surface area contributed by atoms with Crippen molar-refractivity contribution in [1.29, 1.82) is 0 Å². The summed E-state index contributed by atoms with van der Waals surface area (Å²) in [5.74, 6) is 2.06. The normalized spacial score (nSPS) is 17.7. The topological polar surface area (TPSA) is 87.0 Å². The number of aryl methyl sites for hydroxylation is 2. The average molecular weight is 366 g/mol. The number of fused-ring (bicyclic) bond motifs is 4. The molecule has 8 nitrogen and oxygen atoms in total. The number of benzene rings is 1. The van der Waals surface area contributed by atoms with Crippen molar-refractivity contribution in [2.45, 2.75) is 26.2 Å². The molecule has 2 aliphatic rings. The molecule has 5 rings (SSSR count). The molecule has 2 aromatic heterocycles. The van der Waals surface area contributed by atoms with Gasteiger partial charge in [-0.05, 0) is 37.6 Å². The predicted molar refractivity (Wildman–Crippen MR) is 96.7 cm³/mol. The summed E-state index contributed by atoms with van der Waals surface area (Å²) in [6, 6.07) is 5.77. The van der Waals surface area contributed by atoms with E-state index in [1.165, 1.54) is 0 Å². The van der Waals surface area contributed by atoms with Gasteiger partial charge in [0.15, 0.2) is 23.0 Å². The Hall–Kier alpha value is -3.29. The van der Waals surface area contributed by atoms with Gasteiger partial charge in [-0.25, -0.2) is 9.50 Å². The molecule has 4 heterocycles. The molecule has 1 atom stereocenters. The van der Waals surface area contributed by atoms with E-state index in [1.54, 1.807) is 11.6 Å². The van der Waals surface area contributed by atoms with E-state index in [0.717, 1.165) is 28.2 Å². The number of anilines is 1. The molecule has 1 aromatic carbocycles. The zero-order valence-electron chi connectivity index (χ0n) is 15.2. The Kier molecular flexibility index (Phi) is 3.30. The van der Waals surface area contributed by atoms with Crippen LogP contribution in [0.3, 0.4) is 0 Å². The summed E-state index contributed by atoms with van der Waals surface area (Å²) in [4.78, 5) is 17.0. The van der Waals surface area contributed by atoms with E-state index in [9.17, 15) is 4.79 Å².